The maximum absolute atomic E-state index is 6.15. The molecule has 3 aromatic rings. The van der Waals surface area contributed by atoms with E-state index in [1.165, 1.54) is 11.9 Å². The van der Waals surface area contributed by atoms with Crippen molar-refractivity contribution in [3.05, 3.63) is 71.0 Å². The summed E-state index contributed by atoms with van der Waals surface area (Å²) in [5.41, 5.74) is 4.14. The fourth-order valence-corrected chi connectivity index (χ4v) is 2.28. The third kappa shape index (κ3) is 3.99. The number of rotatable bonds is 4. The number of halogens is 1. The van der Waals surface area contributed by atoms with Crippen LogP contribution in [0.15, 0.2) is 54.9 Å². The highest BCUT2D eigenvalue weighted by molar-refractivity contribution is 6.31. The van der Waals surface area contributed by atoms with Crippen molar-refractivity contribution < 1.29 is 0 Å². The van der Waals surface area contributed by atoms with E-state index in [1.807, 2.05) is 43.3 Å². The van der Waals surface area contributed by atoms with Crippen LogP contribution >= 0.6 is 11.6 Å². The Morgan fingerprint density at radius 1 is 0.783 bits per heavy atom. The van der Waals surface area contributed by atoms with Gasteiger partial charge in [-0.1, -0.05) is 35.4 Å². The number of nitrogens with zero attached hydrogens (tertiary/aromatic N) is 2. The van der Waals surface area contributed by atoms with Crippen molar-refractivity contribution in [2.75, 3.05) is 10.6 Å². The molecule has 0 bridgehead atoms. The summed E-state index contributed by atoms with van der Waals surface area (Å²) in [5, 5.41) is 7.22. The lowest BCUT2D eigenvalue weighted by molar-refractivity contribution is 1.17. The van der Waals surface area contributed by atoms with E-state index in [2.05, 4.69) is 39.7 Å². The standard InChI is InChI=1S/C18H17ClN4/c1-12-3-6-14(7-4-12)22-17-10-18(21-11-20-17)23-15-8-5-13(2)16(19)9-15/h3-11H,1-2H3,(H2,20,21,22,23). The molecule has 0 saturated heterocycles. The van der Waals surface area contributed by atoms with Crippen molar-refractivity contribution in [1.82, 2.24) is 9.97 Å². The van der Waals surface area contributed by atoms with Crippen LogP contribution in [0.5, 0.6) is 0 Å². The molecular weight excluding hydrogens is 308 g/mol. The highest BCUT2D eigenvalue weighted by atomic mass is 35.5. The molecule has 3 rings (SSSR count). The molecule has 0 atom stereocenters. The fourth-order valence-electron chi connectivity index (χ4n) is 2.10. The van der Waals surface area contributed by atoms with E-state index in [4.69, 9.17) is 11.6 Å². The molecule has 1 heterocycles. The van der Waals surface area contributed by atoms with Crippen LogP contribution in [0.4, 0.5) is 23.0 Å². The van der Waals surface area contributed by atoms with Crippen molar-refractivity contribution in [3.63, 3.8) is 0 Å². The van der Waals surface area contributed by atoms with Gasteiger partial charge in [0.25, 0.3) is 0 Å². The molecule has 0 amide bonds. The molecule has 0 spiro atoms. The summed E-state index contributed by atoms with van der Waals surface area (Å²) in [6.45, 7) is 4.03. The first-order valence-electron chi connectivity index (χ1n) is 7.29. The van der Waals surface area contributed by atoms with E-state index in [9.17, 15) is 0 Å². The van der Waals surface area contributed by atoms with Gasteiger partial charge in [-0.2, -0.15) is 0 Å². The van der Waals surface area contributed by atoms with Gasteiger partial charge < -0.3 is 10.6 Å². The smallest absolute Gasteiger partial charge is 0.135 e. The Bertz CT molecular complexity index is 816. The lowest BCUT2D eigenvalue weighted by Crippen LogP contribution is -1.98. The lowest BCUT2D eigenvalue weighted by atomic mass is 10.2. The van der Waals surface area contributed by atoms with Crippen molar-refractivity contribution in [3.8, 4) is 0 Å². The van der Waals surface area contributed by atoms with Crippen LogP contribution in [0.3, 0.4) is 0 Å². The number of aryl methyl sites for hydroxylation is 2. The number of hydrogen-bond acceptors (Lipinski definition) is 4. The zero-order valence-electron chi connectivity index (χ0n) is 13.0. The van der Waals surface area contributed by atoms with Crippen LogP contribution in [0.1, 0.15) is 11.1 Å². The number of hydrogen-bond donors (Lipinski definition) is 2. The Morgan fingerprint density at radius 2 is 1.39 bits per heavy atom. The molecule has 0 fully saturated rings. The fraction of sp³-hybridized carbons (Fsp3) is 0.111. The quantitative estimate of drug-likeness (QED) is 0.689. The zero-order valence-corrected chi connectivity index (χ0v) is 13.7. The van der Waals surface area contributed by atoms with E-state index in [1.54, 1.807) is 0 Å². The molecule has 116 valence electrons. The third-order valence-electron chi connectivity index (χ3n) is 3.44. The van der Waals surface area contributed by atoms with Crippen molar-refractivity contribution in [2.45, 2.75) is 13.8 Å². The minimum atomic E-state index is 0.703. The zero-order chi connectivity index (χ0) is 16.2. The van der Waals surface area contributed by atoms with Gasteiger partial charge >= 0.3 is 0 Å². The highest BCUT2D eigenvalue weighted by Crippen LogP contribution is 2.23. The summed E-state index contributed by atoms with van der Waals surface area (Å²) in [6, 6.07) is 15.8. The molecule has 0 unspecified atom stereocenters. The SMILES string of the molecule is Cc1ccc(Nc2cc(Nc3ccc(C)c(Cl)c3)ncn2)cc1. The minimum absolute atomic E-state index is 0.703. The molecule has 1 aromatic heterocycles. The minimum Gasteiger partial charge on any atom is -0.340 e. The molecule has 0 radical (unpaired) electrons. The molecule has 2 aromatic carbocycles. The molecule has 2 N–H and O–H groups in total. The van der Waals surface area contributed by atoms with E-state index >= 15 is 0 Å². The first-order valence-corrected chi connectivity index (χ1v) is 7.67. The van der Waals surface area contributed by atoms with Crippen LogP contribution in [-0.4, -0.2) is 9.97 Å². The summed E-state index contributed by atoms with van der Waals surface area (Å²) in [4.78, 5) is 8.48. The summed E-state index contributed by atoms with van der Waals surface area (Å²) < 4.78 is 0. The van der Waals surface area contributed by atoms with Gasteiger partial charge in [-0.05, 0) is 43.7 Å². The predicted octanol–water partition coefficient (Wildman–Crippen LogP) is 5.23. The molecule has 0 saturated carbocycles. The van der Waals surface area contributed by atoms with Crippen molar-refractivity contribution >= 4 is 34.6 Å². The van der Waals surface area contributed by atoms with Crippen LogP contribution < -0.4 is 10.6 Å². The van der Waals surface area contributed by atoms with E-state index in [0.717, 1.165) is 27.8 Å². The number of anilines is 4. The van der Waals surface area contributed by atoms with Gasteiger partial charge in [0.2, 0.25) is 0 Å². The summed E-state index contributed by atoms with van der Waals surface area (Å²) in [6.07, 6.45) is 1.52. The maximum atomic E-state index is 6.15. The van der Waals surface area contributed by atoms with Crippen LogP contribution in [0, 0.1) is 13.8 Å². The first-order chi connectivity index (χ1) is 11.1. The van der Waals surface area contributed by atoms with Gasteiger partial charge in [0, 0.05) is 22.5 Å². The summed E-state index contributed by atoms with van der Waals surface area (Å²) in [7, 11) is 0. The van der Waals surface area contributed by atoms with Crippen molar-refractivity contribution in [2.24, 2.45) is 0 Å². The predicted molar refractivity (Wildman–Crippen MR) is 96.0 cm³/mol. The monoisotopic (exact) mass is 324 g/mol. The summed E-state index contributed by atoms with van der Waals surface area (Å²) in [5.74, 6) is 1.43. The Labute approximate surface area is 140 Å². The highest BCUT2D eigenvalue weighted by Gasteiger charge is 2.02. The maximum Gasteiger partial charge on any atom is 0.135 e. The van der Waals surface area contributed by atoms with Gasteiger partial charge in [-0.3, -0.25) is 0 Å². The Morgan fingerprint density at radius 3 is 2.04 bits per heavy atom. The van der Waals surface area contributed by atoms with E-state index in [0.29, 0.717) is 5.82 Å². The number of benzene rings is 2. The van der Waals surface area contributed by atoms with E-state index in [-0.39, 0.29) is 0 Å². The number of aromatic nitrogens is 2. The Hall–Kier alpha value is -2.59. The Balaban J connectivity index is 1.76. The topological polar surface area (TPSA) is 49.8 Å². The molecule has 23 heavy (non-hydrogen) atoms. The van der Waals surface area contributed by atoms with Gasteiger partial charge in [0.05, 0.1) is 0 Å². The molecule has 5 heteroatoms. The molecule has 0 aliphatic heterocycles. The van der Waals surface area contributed by atoms with Gasteiger partial charge in [0.1, 0.15) is 18.0 Å². The molecule has 4 nitrogen and oxygen atoms in total. The lowest BCUT2D eigenvalue weighted by Gasteiger charge is -2.09. The largest absolute Gasteiger partial charge is 0.340 e. The first kappa shape index (κ1) is 15.3. The summed E-state index contributed by atoms with van der Waals surface area (Å²) >= 11 is 6.15. The van der Waals surface area contributed by atoms with Gasteiger partial charge in [0.15, 0.2) is 0 Å². The van der Waals surface area contributed by atoms with Gasteiger partial charge in [-0.15, -0.1) is 0 Å². The van der Waals surface area contributed by atoms with Crippen LogP contribution in [0.2, 0.25) is 5.02 Å². The molecule has 0 aliphatic carbocycles. The van der Waals surface area contributed by atoms with Gasteiger partial charge in [-0.25, -0.2) is 9.97 Å². The third-order valence-corrected chi connectivity index (χ3v) is 3.84. The van der Waals surface area contributed by atoms with Crippen LogP contribution in [-0.2, 0) is 0 Å². The molecular formula is C18H17ClN4. The normalized spacial score (nSPS) is 10.4. The average molecular weight is 325 g/mol. The number of nitrogens with one attached hydrogen (secondary N) is 2. The second-order valence-corrected chi connectivity index (χ2v) is 5.78. The Kier molecular flexibility index (Phi) is 4.44. The molecule has 0 aliphatic rings. The second kappa shape index (κ2) is 6.67. The van der Waals surface area contributed by atoms with Crippen molar-refractivity contribution in [1.29, 1.82) is 0 Å². The average Bonchev–Trinajstić information content (AvgIpc) is 2.54. The van der Waals surface area contributed by atoms with Crippen LogP contribution in [0.25, 0.3) is 0 Å². The second-order valence-electron chi connectivity index (χ2n) is 5.37. The van der Waals surface area contributed by atoms with E-state index < -0.39 is 0 Å².